The Hall–Kier alpha value is -0.0900. The minimum atomic E-state index is -0.511. The van der Waals surface area contributed by atoms with E-state index in [0.29, 0.717) is 11.4 Å². The third kappa shape index (κ3) is 2.70. The summed E-state index contributed by atoms with van der Waals surface area (Å²) in [6.45, 7) is 1.90. The molecular formula is C10H13BrClNO. The monoisotopic (exact) mass is 277 g/mol. The Labute approximate surface area is 97.2 Å². The summed E-state index contributed by atoms with van der Waals surface area (Å²) in [6, 6.07) is 5.08. The predicted molar refractivity (Wildman–Crippen MR) is 62.4 cm³/mol. The third-order valence-electron chi connectivity index (χ3n) is 2.16. The van der Waals surface area contributed by atoms with E-state index in [1.54, 1.807) is 6.07 Å². The van der Waals surface area contributed by atoms with Crippen LogP contribution in [0.3, 0.4) is 0 Å². The molecule has 0 bridgehead atoms. The summed E-state index contributed by atoms with van der Waals surface area (Å²) in [7, 11) is 0. The lowest BCUT2D eigenvalue weighted by molar-refractivity contribution is 0.140. The fourth-order valence-electron chi connectivity index (χ4n) is 1.20. The molecule has 0 aromatic heterocycles. The molecule has 14 heavy (non-hydrogen) atoms. The molecule has 1 aromatic carbocycles. The highest BCUT2D eigenvalue weighted by Gasteiger charge is 2.15. The predicted octanol–water partition coefficient (Wildman–Crippen LogP) is 2.87. The van der Waals surface area contributed by atoms with Gasteiger partial charge < -0.3 is 10.8 Å². The van der Waals surface area contributed by atoms with Gasteiger partial charge in [-0.25, -0.2) is 0 Å². The molecule has 2 atom stereocenters. The topological polar surface area (TPSA) is 46.2 Å². The van der Waals surface area contributed by atoms with Gasteiger partial charge in [-0.05, 0) is 40.0 Å². The maximum absolute atomic E-state index is 9.57. The highest BCUT2D eigenvalue weighted by molar-refractivity contribution is 9.10. The van der Waals surface area contributed by atoms with Gasteiger partial charge in [-0.3, -0.25) is 0 Å². The molecule has 0 radical (unpaired) electrons. The van der Waals surface area contributed by atoms with Crippen LogP contribution in [-0.4, -0.2) is 11.2 Å². The summed E-state index contributed by atoms with van der Waals surface area (Å²) in [4.78, 5) is 0. The zero-order chi connectivity index (χ0) is 10.7. The van der Waals surface area contributed by atoms with Crippen molar-refractivity contribution in [2.45, 2.75) is 25.5 Å². The number of rotatable bonds is 3. The highest BCUT2D eigenvalue weighted by Crippen LogP contribution is 2.26. The van der Waals surface area contributed by atoms with Crippen LogP contribution in [-0.2, 0) is 0 Å². The summed E-state index contributed by atoms with van der Waals surface area (Å²) in [5.74, 6) is 0. The molecule has 78 valence electrons. The van der Waals surface area contributed by atoms with Gasteiger partial charge in [0.25, 0.3) is 0 Å². The summed E-state index contributed by atoms with van der Waals surface area (Å²) in [6.07, 6.45) is 0.129. The molecule has 4 heteroatoms. The van der Waals surface area contributed by atoms with E-state index in [-0.39, 0.29) is 6.04 Å². The largest absolute Gasteiger partial charge is 0.391 e. The molecule has 0 saturated heterocycles. The Morgan fingerprint density at radius 2 is 2.21 bits per heavy atom. The molecule has 0 spiro atoms. The van der Waals surface area contributed by atoms with Crippen LogP contribution < -0.4 is 5.73 Å². The summed E-state index contributed by atoms with van der Waals surface area (Å²) in [5, 5.41) is 10.2. The molecule has 0 aliphatic rings. The Morgan fingerprint density at radius 1 is 1.57 bits per heavy atom. The van der Waals surface area contributed by atoms with Crippen LogP contribution in [0.1, 0.15) is 24.9 Å². The van der Waals surface area contributed by atoms with Crippen molar-refractivity contribution >= 4 is 27.5 Å². The zero-order valence-electron chi connectivity index (χ0n) is 7.87. The SMILES string of the molecule is CC[C@@H](O)[C@@H](N)c1ccc(Cl)c(Br)c1. The van der Waals surface area contributed by atoms with Crippen LogP contribution >= 0.6 is 27.5 Å². The molecule has 0 aliphatic carbocycles. The number of nitrogens with two attached hydrogens (primary N) is 1. The van der Waals surface area contributed by atoms with Crippen molar-refractivity contribution in [3.8, 4) is 0 Å². The maximum Gasteiger partial charge on any atom is 0.0730 e. The van der Waals surface area contributed by atoms with Gasteiger partial charge in [0, 0.05) is 4.47 Å². The Balaban J connectivity index is 2.91. The molecular weight excluding hydrogens is 265 g/mol. The Bertz CT molecular complexity index is 319. The first-order valence-electron chi connectivity index (χ1n) is 4.44. The number of hydrogen-bond acceptors (Lipinski definition) is 2. The van der Waals surface area contributed by atoms with Gasteiger partial charge in [0.1, 0.15) is 0 Å². The fraction of sp³-hybridized carbons (Fsp3) is 0.400. The van der Waals surface area contributed by atoms with Gasteiger partial charge in [0.05, 0.1) is 17.2 Å². The van der Waals surface area contributed by atoms with Crippen molar-refractivity contribution in [1.82, 2.24) is 0 Å². The maximum atomic E-state index is 9.57. The van der Waals surface area contributed by atoms with Crippen LogP contribution in [0.4, 0.5) is 0 Å². The number of benzene rings is 1. The minimum Gasteiger partial charge on any atom is -0.391 e. The van der Waals surface area contributed by atoms with E-state index in [2.05, 4.69) is 15.9 Å². The lowest BCUT2D eigenvalue weighted by Crippen LogP contribution is -2.25. The smallest absolute Gasteiger partial charge is 0.0730 e. The lowest BCUT2D eigenvalue weighted by atomic mass is 10.0. The number of aliphatic hydroxyl groups is 1. The van der Waals surface area contributed by atoms with E-state index in [9.17, 15) is 5.11 Å². The molecule has 1 aromatic rings. The molecule has 2 nitrogen and oxygen atoms in total. The van der Waals surface area contributed by atoms with Crippen LogP contribution in [0.25, 0.3) is 0 Å². The molecule has 0 heterocycles. The standard InChI is InChI=1S/C10H13BrClNO/c1-2-9(14)10(13)6-3-4-8(12)7(11)5-6/h3-5,9-10,14H,2,13H2,1H3/t9-,10+/m1/s1. The normalized spacial score (nSPS) is 15.2. The van der Waals surface area contributed by atoms with E-state index in [1.807, 2.05) is 19.1 Å². The van der Waals surface area contributed by atoms with Gasteiger partial charge in [0.2, 0.25) is 0 Å². The van der Waals surface area contributed by atoms with Gasteiger partial charge in [0.15, 0.2) is 0 Å². The fourth-order valence-corrected chi connectivity index (χ4v) is 1.71. The Kier molecular flexibility index (Phi) is 4.38. The number of hydrogen-bond donors (Lipinski definition) is 2. The minimum absolute atomic E-state index is 0.353. The van der Waals surface area contributed by atoms with Crippen molar-refractivity contribution in [1.29, 1.82) is 0 Å². The lowest BCUT2D eigenvalue weighted by Gasteiger charge is -2.17. The van der Waals surface area contributed by atoms with Crippen molar-refractivity contribution in [3.05, 3.63) is 33.3 Å². The quantitative estimate of drug-likeness (QED) is 0.893. The van der Waals surface area contributed by atoms with Crippen LogP contribution in [0.15, 0.2) is 22.7 Å². The number of halogens is 2. The average Bonchev–Trinajstić information content (AvgIpc) is 2.20. The van der Waals surface area contributed by atoms with Crippen molar-refractivity contribution in [2.24, 2.45) is 5.73 Å². The first-order valence-corrected chi connectivity index (χ1v) is 5.62. The molecule has 3 N–H and O–H groups in total. The Morgan fingerprint density at radius 3 is 2.71 bits per heavy atom. The third-order valence-corrected chi connectivity index (χ3v) is 3.38. The van der Waals surface area contributed by atoms with Gasteiger partial charge in [-0.1, -0.05) is 24.6 Å². The van der Waals surface area contributed by atoms with E-state index in [4.69, 9.17) is 17.3 Å². The first kappa shape index (κ1) is 12.0. The summed E-state index contributed by atoms with van der Waals surface area (Å²) < 4.78 is 0.801. The van der Waals surface area contributed by atoms with Gasteiger partial charge >= 0.3 is 0 Å². The van der Waals surface area contributed by atoms with Gasteiger partial charge in [-0.15, -0.1) is 0 Å². The second-order valence-corrected chi connectivity index (χ2v) is 4.44. The van der Waals surface area contributed by atoms with Crippen molar-refractivity contribution < 1.29 is 5.11 Å². The number of aliphatic hydroxyl groups excluding tert-OH is 1. The summed E-state index contributed by atoms with van der Waals surface area (Å²) in [5.41, 5.74) is 6.74. The van der Waals surface area contributed by atoms with Crippen molar-refractivity contribution in [2.75, 3.05) is 0 Å². The molecule has 1 rings (SSSR count). The molecule has 0 aliphatic heterocycles. The molecule has 0 fully saturated rings. The highest BCUT2D eigenvalue weighted by atomic mass is 79.9. The van der Waals surface area contributed by atoms with E-state index in [1.165, 1.54) is 0 Å². The van der Waals surface area contributed by atoms with E-state index in [0.717, 1.165) is 10.0 Å². The van der Waals surface area contributed by atoms with Crippen LogP contribution in [0.2, 0.25) is 5.02 Å². The second-order valence-electron chi connectivity index (χ2n) is 3.17. The first-order chi connectivity index (χ1) is 6.56. The van der Waals surface area contributed by atoms with Crippen molar-refractivity contribution in [3.63, 3.8) is 0 Å². The van der Waals surface area contributed by atoms with Crippen LogP contribution in [0, 0.1) is 0 Å². The second kappa shape index (κ2) is 5.12. The molecule has 0 amide bonds. The average molecular weight is 279 g/mol. The zero-order valence-corrected chi connectivity index (χ0v) is 10.2. The van der Waals surface area contributed by atoms with Crippen LogP contribution in [0.5, 0.6) is 0 Å². The van der Waals surface area contributed by atoms with E-state index < -0.39 is 6.10 Å². The van der Waals surface area contributed by atoms with E-state index >= 15 is 0 Å². The van der Waals surface area contributed by atoms with Gasteiger partial charge in [-0.2, -0.15) is 0 Å². The molecule has 0 saturated carbocycles. The summed E-state index contributed by atoms with van der Waals surface area (Å²) >= 11 is 9.16. The molecule has 0 unspecified atom stereocenters.